The van der Waals surface area contributed by atoms with Crippen LogP contribution in [0, 0.1) is 5.92 Å². The van der Waals surface area contributed by atoms with Gasteiger partial charge < -0.3 is 25.2 Å². The van der Waals surface area contributed by atoms with E-state index >= 15 is 0 Å². The highest BCUT2D eigenvalue weighted by Crippen LogP contribution is 2.47. The minimum absolute atomic E-state index is 0.0832. The third-order valence-electron chi connectivity index (χ3n) is 4.36. The Bertz CT molecular complexity index is 647. The number of nitrogens with two attached hydrogens (primary N) is 2. The molecule has 1 aliphatic carbocycles. The second kappa shape index (κ2) is 9.59. The highest BCUT2D eigenvalue weighted by Gasteiger charge is 2.43. The molecule has 26 heavy (non-hydrogen) atoms. The first-order chi connectivity index (χ1) is 12.2. The molecule has 6 N–H and O–H groups in total. The average molecular weight is 498 g/mol. The van der Waals surface area contributed by atoms with Gasteiger partial charge in [0.05, 0.1) is 12.7 Å². The van der Waals surface area contributed by atoms with Crippen molar-refractivity contribution in [1.82, 2.24) is 0 Å². The van der Waals surface area contributed by atoms with E-state index in [1.54, 1.807) is 18.2 Å². The van der Waals surface area contributed by atoms with Gasteiger partial charge in [-0.3, -0.25) is 14.9 Å². The molecule has 0 aromatic carbocycles. The fourth-order valence-electron chi connectivity index (χ4n) is 2.98. The minimum Gasteiger partial charge on any atom is -0.388 e. The lowest BCUT2D eigenvalue weighted by molar-refractivity contribution is -0.114. The summed E-state index contributed by atoms with van der Waals surface area (Å²) in [5.74, 6) is -0.405. The molecule has 0 spiro atoms. The van der Waals surface area contributed by atoms with Crippen LogP contribution >= 0.6 is 27.2 Å². The molecule has 4 unspecified atom stereocenters. The Kier molecular flexibility index (Phi) is 8.02. The van der Waals surface area contributed by atoms with Crippen molar-refractivity contribution in [2.45, 2.75) is 43.7 Å². The quantitative estimate of drug-likeness (QED) is 0.319. The standard InChI is InChI=1S/C16H24IN2O6P/c17-26(19,23)24-9-13-15(21)14(20)12(25-13)8-10-4-1-2-6-11(16(18)22)7-3-5-10/h2-3,5-7,10,12-15,20-21H,1,4,8-9H2,(H2,18,22)(H2,19,23)/b5-3-,6-2?,11-7+/t10?,12-,13+,14?,15?,26?/m0/s1. The molecule has 6 atom stereocenters. The number of hydrogen-bond acceptors (Lipinski definition) is 6. The molecular formula is C16H24IN2O6P. The third kappa shape index (κ3) is 6.56. The molecular weight excluding hydrogens is 474 g/mol. The molecule has 1 aliphatic heterocycles. The van der Waals surface area contributed by atoms with E-state index in [2.05, 4.69) is 0 Å². The first-order valence-electron chi connectivity index (χ1n) is 8.26. The summed E-state index contributed by atoms with van der Waals surface area (Å²) < 4.78 is 22.1. The summed E-state index contributed by atoms with van der Waals surface area (Å²) in [5, 5.41) is 17.1. The first kappa shape index (κ1) is 21.7. The molecule has 1 heterocycles. The number of halogens is 1. The lowest BCUT2D eigenvalue weighted by Crippen LogP contribution is -2.34. The van der Waals surface area contributed by atoms with Gasteiger partial charge in [0.2, 0.25) is 5.91 Å². The van der Waals surface area contributed by atoms with Gasteiger partial charge in [-0.2, -0.15) is 0 Å². The van der Waals surface area contributed by atoms with E-state index in [-0.39, 0.29) is 12.5 Å². The molecule has 1 saturated heterocycles. The lowest BCUT2D eigenvalue weighted by atomic mass is 9.93. The molecule has 0 aromatic rings. The predicted octanol–water partition coefficient (Wildman–Crippen LogP) is 1.32. The number of hydrogen-bond donors (Lipinski definition) is 4. The van der Waals surface area contributed by atoms with Gasteiger partial charge in [0, 0.05) is 27.6 Å². The van der Waals surface area contributed by atoms with Crippen LogP contribution in [0.3, 0.4) is 0 Å². The van der Waals surface area contributed by atoms with E-state index in [9.17, 15) is 19.6 Å². The summed E-state index contributed by atoms with van der Waals surface area (Å²) in [6.45, 7) is -0.153. The fourth-order valence-corrected chi connectivity index (χ4v) is 3.81. The number of rotatable bonds is 6. The minimum atomic E-state index is -3.21. The largest absolute Gasteiger partial charge is 0.388 e. The number of ether oxygens (including phenoxy) is 1. The number of amides is 1. The van der Waals surface area contributed by atoms with Crippen LogP contribution in [0.15, 0.2) is 36.0 Å². The van der Waals surface area contributed by atoms with E-state index in [0.717, 1.165) is 12.8 Å². The van der Waals surface area contributed by atoms with E-state index < -0.39 is 35.5 Å². The molecule has 1 amide bonds. The third-order valence-corrected chi connectivity index (χ3v) is 5.69. The second-order valence-corrected chi connectivity index (χ2v) is 11.7. The van der Waals surface area contributed by atoms with Crippen molar-refractivity contribution in [3.8, 4) is 0 Å². The van der Waals surface area contributed by atoms with Gasteiger partial charge in [-0.25, -0.2) is 0 Å². The van der Waals surface area contributed by atoms with Crippen LogP contribution in [-0.4, -0.2) is 47.1 Å². The van der Waals surface area contributed by atoms with Gasteiger partial charge in [0.1, 0.15) is 18.3 Å². The maximum Gasteiger partial charge on any atom is 0.324 e. The van der Waals surface area contributed by atoms with Crippen LogP contribution in [0.4, 0.5) is 0 Å². The van der Waals surface area contributed by atoms with Crippen molar-refractivity contribution in [1.29, 1.82) is 0 Å². The molecule has 0 saturated carbocycles. The Labute approximate surface area is 165 Å². The fraction of sp³-hybridized carbons (Fsp3) is 0.562. The summed E-state index contributed by atoms with van der Waals surface area (Å²) in [5.41, 5.74) is 11.0. The van der Waals surface area contributed by atoms with Crippen LogP contribution in [0.5, 0.6) is 0 Å². The van der Waals surface area contributed by atoms with Gasteiger partial charge in [-0.05, 0) is 31.3 Å². The number of carbonyl (C=O) groups is 1. The topological polar surface area (TPSA) is 145 Å². The number of carbonyl (C=O) groups excluding carboxylic acids is 1. The first-order valence-corrected chi connectivity index (χ1v) is 12.7. The Balaban J connectivity index is 1.98. The van der Waals surface area contributed by atoms with Crippen molar-refractivity contribution >= 4 is 33.1 Å². The number of primary amides is 1. The number of aliphatic hydroxyl groups is 2. The zero-order valence-corrected chi connectivity index (χ0v) is 17.2. The van der Waals surface area contributed by atoms with Gasteiger partial charge in [-0.15, -0.1) is 0 Å². The number of allylic oxidation sites excluding steroid dienone is 4. The molecule has 0 radical (unpaired) electrons. The van der Waals surface area contributed by atoms with Gasteiger partial charge in [-0.1, -0.05) is 24.3 Å². The normalized spacial score (nSPS) is 37.7. The summed E-state index contributed by atoms with van der Waals surface area (Å²) in [4.78, 5) is 11.3. The smallest absolute Gasteiger partial charge is 0.324 e. The summed E-state index contributed by atoms with van der Waals surface area (Å²) in [6, 6.07) is 0. The van der Waals surface area contributed by atoms with Crippen molar-refractivity contribution < 1.29 is 28.8 Å². The lowest BCUT2D eigenvalue weighted by Gasteiger charge is -2.19. The van der Waals surface area contributed by atoms with Crippen LogP contribution < -0.4 is 11.2 Å². The molecule has 1 fully saturated rings. The zero-order chi connectivity index (χ0) is 19.3. The van der Waals surface area contributed by atoms with Crippen LogP contribution in [0.2, 0.25) is 0 Å². The van der Waals surface area contributed by atoms with Crippen LogP contribution in [-0.2, 0) is 18.6 Å². The zero-order valence-electron chi connectivity index (χ0n) is 14.1. The summed E-state index contributed by atoms with van der Waals surface area (Å²) in [7, 11) is 0. The van der Waals surface area contributed by atoms with Gasteiger partial charge >= 0.3 is 5.16 Å². The van der Waals surface area contributed by atoms with Crippen molar-refractivity contribution in [3.63, 3.8) is 0 Å². The predicted molar refractivity (Wildman–Crippen MR) is 105 cm³/mol. The van der Waals surface area contributed by atoms with E-state index in [4.69, 9.17) is 20.5 Å². The number of aliphatic hydroxyl groups excluding tert-OH is 2. The average Bonchev–Trinajstić information content (AvgIpc) is 2.87. The molecule has 146 valence electrons. The maximum absolute atomic E-state index is 11.4. The van der Waals surface area contributed by atoms with Crippen LogP contribution in [0.25, 0.3) is 0 Å². The van der Waals surface area contributed by atoms with Gasteiger partial charge in [0.25, 0.3) is 0 Å². The molecule has 10 heteroatoms. The van der Waals surface area contributed by atoms with Crippen molar-refractivity contribution in [3.05, 3.63) is 36.0 Å². The molecule has 2 aliphatic rings. The Morgan fingerprint density at radius 2 is 2.08 bits per heavy atom. The summed E-state index contributed by atoms with van der Waals surface area (Å²) in [6.07, 6.45) is 7.37. The van der Waals surface area contributed by atoms with Gasteiger partial charge in [0.15, 0.2) is 0 Å². The SMILES string of the molecule is NC(=O)/C1=C/C=C\C(C[C@@H]2O[C@H](COP(N)(=O)I)C(O)C2O)CCC=C1. The molecule has 8 nitrogen and oxygen atoms in total. The Morgan fingerprint density at radius 3 is 2.73 bits per heavy atom. The Hall–Kier alpha value is -0.550. The molecule has 0 aromatic heterocycles. The van der Waals surface area contributed by atoms with Crippen molar-refractivity contribution in [2.24, 2.45) is 17.2 Å². The van der Waals surface area contributed by atoms with E-state index in [1.807, 2.05) is 12.2 Å². The highest BCUT2D eigenvalue weighted by atomic mass is 127. The highest BCUT2D eigenvalue weighted by molar-refractivity contribution is 14.2. The molecule has 0 bridgehead atoms. The maximum atomic E-state index is 11.4. The monoisotopic (exact) mass is 498 g/mol. The Morgan fingerprint density at radius 1 is 1.38 bits per heavy atom. The molecule has 2 rings (SSSR count). The summed E-state index contributed by atoms with van der Waals surface area (Å²) >= 11 is 1.50. The van der Waals surface area contributed by atoms with E-state index in [0.29, 0.717) is 12.0 Å². The van der Waals surface area contributed by atoms with E-state index in [1.165, 1.54) is 22.0 Å². The van der Waals surface area contributed by atoms with Crippen molar-refractivity contribution in [2.75, 3.05) is 6.61 Å². The van der Waals surface area contributed by atoms with Crippen LogP contribution in [0.1, 0.15) is 19.3 Å². The second-order valence-electron chi connectivity index (χ2n) is 6.36.